The fourth-order valence-electron chi connectivity index (χ4n) is 0.853. The number of phosphoric ester groups is 1. The Morgan fingerprint density at radius 2 is 1.12 bits per heavy atom. The number of rotatable bonds is 4. The van der Waals surface area contributed by atoms with Gasteiger partial charge in [-0.2, -0.15) is 4.31 Å². The molecule has 0 rings (SSSR count). The van der Waals surface area contributed by atoms with E-state index in [2.05, 4.69) is 4.31 Å². The van der Waals surface area contributed by atoms with Crippen molar-refractivity contribution in [2.45, 2.75) is 52.7 Å². The van der Waals surface area contributed by atoms with Crippen molar-refractivity contribution in [3.05, 3.63) is 0 Å². The van der Waals surface area contributed by atoms with Gasteiger partial charge in [0.2, 0.25) is 0 Å². The van der Waals surface area contributed by atoms with Gasteiger partial charge in [0, 0.05) is 0 Å². The molecule has 0 atom stereocenters. The Balaban J connectivity index is 5.10. The van der Waals surface area contributed by atoms with E-state index in [4.69, 9.17) is 18.8 Å². The monoisotopic (exact) mass is 290 g/mol. The maximum Gasteiger partial charge on any atom is 0.484 e. The predicted octanol–water partition coefficient (Wildman–Crippen LogP) is 2.83. The smallest absolute Gasteiger partial charge is 0.302 e. The molecule has 17 heavy (non-hydrogen) atoms. The Morgan fingerprint density at radius 3 is 1.29 bits per heavy atom. The van der Waals surface area contributed by atoms with Gasteiger partial charge in [0.1, 0.15) is 0 Å². The summed E-state index contributed by atoms with van der Waals surface area (Å²) in [7, 11) is -9.32. The average molecular weight is 290 g/mol. The lowest BCUT2D eigenvalue weighted by molar-refractivity contribution is 0.0185. The summed E-state index contributed by atoms with van der Waals surface area (Å²) in [5, 5.41) is 0. The Labute approximate surface area is 101 Å². The molecule has 0 aromatic carbocycles. The van der Waals surface area contributed by atoms with Gasteiger partial charge in [0.25, 0.3) is 0 Å². The van der Waals surface area contributed by atoms with E-state index < -0.39 is 26.8 Å². The molecule has 0 unspecified atom stereocenters. The second kappa shape index (κ2) is 5.10. The summed E-state index contributed by atoms with van der Waals surface area (Å²) in [6, 6.07) is 0. The van der Waals surface area contributed by atoms with Crippen LogP contribution in [0.25, 0.3) is 0 Å². The summed E-state index contributed by atoms with van der Waals surface area (Å²) >= 11 is 0. The van der Waals surface area contributed by atoms with Crippen molar-refractivity contribution in [2.75, 3.05) is 0 Å². The van der Waals surface area contributed by atoms with E-state index in [1.165, 1.54) is 0 Å². The second-order valence-corrected chi connectivity index (χ2v) is 8.32. The molecule has 0 saturated heterocycles. The van der Waals surface area contributed by atoms with E-state index in [1.807, 2.05) is 0 Å². The highest BCUT2D eigenvalue weighted by Gasteiger charge is 2.42. The van der Waals surface area contributed by atoms with E-state index in [9.17, 15) is 9.13 Å². The van der Waals surface area contributed by atoms with Gasteiger partial charge in [-0.1, -0.05) is 0 Å². The lowest BCUT2D eigenvalue weighted by atomic mass is 10.2. The molecule has 0 fully saturated rings. The predicted molar refractivity (Wildman–Crippen MR) is 62.4 cm³/mol. The van der Waals surface area contributed by atoms with E-state index in [0.717, 1.165) is 0 Å². The first-order valence-corrected chi connectivity index (χ1v) is 7.89. The molecule has 0 aromatic heterocycles. The molecule has 0 amide bonds. The van der Waals surface area contributed by atoms with Crippen LogP contribution in [0.5, 0.6) is 0 Å². The van der Waals surface area contributed by atoms with Gasteiger partial charge in [-0.3, -0.25) is 9.05 Å². The van der Waals surface area contributed by atoms with Crippen LogP contribution in [0.2, 0.25) is 0 Å². The minimum absolute atomic E-state index is 0.935. The molecular formula is C8H20O7P2. The van der Waals surface area contributed by atoms with Gasteiger partial charge in [0.15, 0.2) is 0 Å². The van der Waals surface area contributed by atoms with Crippen molar-refractivity contribution in [1.29, 1.82) is 0 Å². The largest absolute Gasteiger partial charge is 0.484 e. The molecule has 0 aromatic rings. The minimum atomic E-state index is -4.97. The van der Waals surface area contributed by atoms with E-state index in [1.54, 1.807) is 41.5 Å². The third-order valence-electron chi connectivity index (χ3n) is 0.978. The highest BCUT2D eigenvalue weighted by molar-refractivity contribution is 7.61. The molecule has 0 spiro atoms. The van der Waals surface area contributed by atoms with Crippen LogP contribution in [0.1, 0.15) is 41.5 Å². The molecule has 7 nitrogen and oxygen atoms in total. The first-order valence-electron chi connectivity index (χ1n) is 4.90. The first-order chi connectivity index (χ1) is 7.12. The van der Waals surface area contributed by atoms with E-state index in [-0.39, 0.29) is 0 Å². The fourth-order valence-corrected chi connectivity index (χ4v) is 3.54. The van der Waals surface area contributed by atoms with Gasteiger partial charge in [0.05, 0.1) is 11.2 Å². The summed E-state index contributed by atoms with van der Waals surface area (Å²) in [4.78, 5) is 17.4. The Bertz CT molecular complexity index is 326. The van der Waals surface area contributed by atoms with Gasteiger partial charge in [-0.25, -0.2) is 9.13 Å². The van der Waals surface area contributed by atoms with Crippen molar-refractivity contribution in [1.82, 2.24) is 0 Å². The quantitative estimate of drug-likeness (QED) is 0.767. The molecule has 0 bridgehead atoms. The lowest BCUT2D eigenvalue weighted by Crippen LogP contribution is -2.24. The summed E-state index contributed by atoms with van der Waals surface area (Å²) in [6.45, 7) is 9.39. The third-order valence-corrected chi connectivity index (χ3v) is 4.17. The minimum Gasteiger partial charge on any atom is -0.302 e. The lowest BCUT2D eigenvalue weighted by Gasteiger charge is -2.30. The molecule has 0 aliphatic heterocycles. The fraction of sp³-hybridized carbons (Fsp3) is 1.00. The summed E-state index contributed by atoms with van der Waals surface area (Å²) in [5.74, 6) is 0. The van der Waals surface area contributed by atoms with Crippen LogP contribution < -0.4 is 0 Å². The molecule has 0 saturated carbocycles. The zero-order valence-electron chi connectivity index (χ0n) is 10.8. The summed E-state index contributed by atoms with van der Waals surface area (Å²) in [5.41, 5.74) is -1.87. The third kappa shape index (κ3) is 9.92. The maximum atomic E-state index is 12.1. The van der Waals surface area contributed by atoms with Crippen LogP contribution >= 0.6 is 15.6 Å². The van der Waals surface area contributed by atoms with Crippen molar-refractivity contribution < 1.29 is 32.3 Å². The highest BCUT2D eigenvalue weighted by Crippen LogP contribution is 2.64. The van der Waals surface area contributed by atoms with Gasteiger partial charge >= 0.3 is 15.6 Å². The standard InChI is InChI=1S/C8H20O7P2/c1-7(2,3)13-17(12,14-8(4,5)6)15-16(9,10)11/h1-6H3,(H2,9,10,11). The van der Waals surface area contributed by atoms with Crippen LogP contribution in [0.15, 0.2) is 0 Å². The normalized spacial score (nSPS) is 15.1. The Morgan fingerprint density at radius 1 is 0.824 bits per heavy atom. The van der Waals surface area contributed by atoms with Crippen LogP contribution in [-0.4, -0.2) is 21.0 Å². The van der Waals surface area contributed by atoms with Crippen LogP contribution in [0.4, 0.5) is 0 Å². The van der Waals surface area contributed by atoms with Gasteiger partial charge in [-0.05, 0) is 41.5 Å². The molecule has 104 valence electrons. The molecule has 0 aliphatic rings. The second-order valence-electron chi connectivity index (χ2n) is 5.43. The zero-order chi connectivity index (χ0) is 14.1. The highest BCUT2D eigenvalue weighted by atomic mass is 31.3. The summed E-state index contributed by atoms with van der Waals surface area (Å²) in [6.07, 6.45) is 0. The van der Waals surface area contributed by atoms with Crippen molar-refractivity contribution in [3.8, 4) is 0 Å². The maximum absolute atomic E-state index is 12.1. The molecule has 0 radical (unpaired) electrons. The first kappa shape index (κ1) is 17.3. The number of hydrogen-bond acceptors (Lipinski definition) is 5. The van der Waals surface area contributed by atoms with E-state index >= 15 is 0 Å². The Kier molecular flexibility index (Phi) is 5.17. The molecular weight excluding hydrogens is 270 g/mol. The topological polar surface area (TPSA) is 102 Å². The summed E-state index contributed by atoms with van der Waals surface area (Å²) < 4.78 is 37.0. The molecule has 0 heterocycles. The van der Waals surface area contributed by atoms with Crippen molar-refractivity contribution in [2.24, 2.45) is 0 Å². The number of phosphoric acid groups is 2. The molecule has 2 N–H and O–H groups in total. The molecule has 9 heteroatoms. The van der Waals surface area contributed by atoms with Gasteiger partial charge in [-0.15, -0.1) is 0 Å². The van der Waals surface area contributed by atoms with Crippen LogP contribution in [-0.2, 0) is 22.5 Å². The Hall–Kier alpha value is 0.260. The number of hydrogen-bond donors (Lipinski definition) is 2. The van der Waals surface area contributed by atoms with Crippen LogP contribution in [0, 0.1) is 0 Å². The average Bonchev–Trinajstić information content (AvgIpc) is 1.65. The molecule has 0 aliphatic carbocycles. The van der Waals surface area contributed by atoms with Gasteiger partial charge < -0.3 is 9.79 Å². The zero-order valence-corrected chi connectivity index (χ0v) is 12.6. The van der Waals surface area contributed by atoms with E-state index in [0.29, 0.717) is 0 Å². The van der Waals surface area contributed by atoms with Crippen LogP contribution in [0.3, 0.4) is 0 Å². The SMILES string of the molecule is CC(C)(C)OP(=O)(OC(C)(C)C)OP(=O)(O)O. The van der Waals surface area contributed by atoms with Crippen molar-refractivity contribution in [3.63, 3.8) is 0 Å². The van der Waals surface area contributed by atoms with Crippen molar-refractivity contribution >= 4 is 15.6 Å².